The van der Waals surface area contributed by atoms with Gasteiger partial charge in [0.05, 0.1) is 13.0 Å². The molecule has 0 aromatic rings. The number of carboxylic acid groups (broad SMARTS) is 1. The molecule has 0 spiro atoms. The minimum atomic E-state index is -1.01. The SMILES string of the molecule is CCOC(=O)CC(C)=NC(C)C(=O)O. The van der Waals surface area contributed by atoms with E-state index in [2.05, 4.69) is 9.73 Å². The lowest BCUT2D eigenvalue weighted by molar-refractivity contribution is -0.142. The number of ether oxygens (including phenoxy) is 1. The zero-order valence-corrected chi connectivity index (χ0v) is 8.61. The number of hydrogen-bond donors (Lipinski definition) is 1. The van der Waals surface area contributed by atoms with Crippen LogP contribution < -0.4 is 0 Å². The van der Waals surface area contributed by atoms with Gasteiger partial charge in [-0.25, -0.2) is 4.79 Å². The molecule has 0 aromatic heterocycles. The molecule has 0 aliphatic rings. The summed E-state index contributed by atoms with van der Waals surface area (Å²) in [5, 5.41) is 8.55. The number of rotatable bonds is 5. The molecular weight excluding hydrogens is 186 g/mol. The van der Waals surface area contributed by atoms with Crippen LogP contribution in [0.1, 0.15) is 27.2 Å². The van der Waals surface area contributed by atoms with Crippen LogP contribution >= 0.6 is 0 Å². The first kappa shape index (κ1) is 12.6. The van der Waals surface area contributed by atoms with Crippen LogP contribution in [-0.4, -0.2) is 35.4 Å². The topological polar surface area (TPSA) is 76.0 Å². The van der Waals surface area contributed by atoms with Crippen LogP contribution in [0.5, 0.6) is 0 Å². The Hall–Kier alpha value is -1.39. The van der Waals surface area contributed by atoms with Crippen molar-refractivity contribution in [2.75, 3.05) is 6.61 Å². The van der Waals surface area contributed by atoms with Crippen LogP contribution in [0.3, 0.4) is 0 Å². The van der Waals surface area contributed by atoms with E-state index in [0.29, 0.717) is 12.3 Å². The molecule has 0 rings (SSSR count). The Morgan fingerprint density at radius 2 is 2.07 bits per heavy atom. The van der Waals surface area contributed by atoms with Crippen molar-refractivity contribution in [1.82, 2.24) is 0 Å². The highest BCUT2D eigenvalue weighted by Crippen LogP contribution is 1.96. The first-order valence-electron chi connectivity index (χ1n) is 4.39. The monoisotopic (exact) mass is 201 g/mol. The maximum absolute atomic E-state index is 11.0. The zero-order valence-electron chi connectivity index (χ0n) is 8.61. The van der Waals surface area contributed by atoms with Gasteiger partial charge in [0.2, 0.25) is 0 Å². The third kappa shape index (κ3) is 5.29. The third-order valence-corrected chi connectivity index (χ3v) is 1.48. The van der Waals surface area contributed by atoms with Gasteiger partial charge in [-0.2, -0.15) is 0 Å². The summed E-state index contributed by atoms with van der Waals surface area (Å²) < 4.78 is 4.69. The van der Waals surface area contributed by atoms with Gasteiger partial charge in [0, 0.05) is 5.71 Å². The van der Waals surface area contributed by atoms with Gasteiger partial charge in [-0.1, -0.05) is 0 Å². The molecule has 0 aliphatic heterocycles. The predicted octanol–water partition coefficient (Wildman–Crippen LogP) is 0.874. The fraction of sp³-hybridized carbons (Fsp3) is 0.667. The van der Waals surface area contributed by atoms with Crippen molar-refractivity contribution in [3.8, 4) is 0 Å². The molecule has 1 unspecified atom stereocenters. The van der Waals surface area contributed by atoms with Gasteiger partial charge in [0.25, 0.3) is 0 Å². The maximum atomic E-state index is 11.0. The smallest absolute Gasteiger partial charge is 0.328 e. The fourth-order valence-corrected chi connectivity index (χ4v) is 0.852. The van der Waals surface area contributed by atoms with Crippen molar-refractivity contribution < 1.29 is 19.4 Å². The molecule has 0 amide bonds. The summed E-state index contributed by atoms with van der Waals surface area (Å²) >= 11 is 0. The van der Waals surface area contributed by atoms with E-state index in [4.69, 9.17) is 5.11 Å². The minimum absolute atomic E-state index is 0.0471. The van der Waals surface area contributed by atoms with Crippen molar-refractivity contribution in [2.45, 2.75) is 33.2 Å². The number of carbonyl (C=O) groups is 2. The number of aliphatic carboxylic acids is 1. The molecule has 0 radical (unpaired) electrons. The second kappa shape index (κ2) is 6.12. The number of nitrogens with zero attached hydrogens (tertiary/aromatic N) is 1. The van der Waals surface area contributed by atoms with Crippen molar-refractivity contribution in [2.24, 2.45) is 4.99 Å². The average Bonchev–Trinajstić information content (AvgIpc) is 2.03. The second-order valence-corrected chi connectivity index (χ2v) is 2.86. The lowest BCUT2D eigenvalue weighted by Gasteiger charge is -2.03. The van der Waals surface area contributed by atoms with Gasteiger partial charge >= 0.3 is 11.9 Å². The van der Waals surface area contributed by atoms with E-state index in [0.717, 1.165) is 0 Å². The van der Waals surface area contributed by atoms with Crippen LogP contribution in [0.15, 0.2) is 4.99 Å². The molecule has 1 atom stereocenters. The van der Waals surface area contributed by atoms with Crippen molar-refractivity contribution >= 4 is 17.7 Å². The Morgan fingerprint density at radius 3 is 2.50 bits per heavy atom. The Balaban J connectivity index is 4.12. The Bertz CT molecular complexity index is 247. The quantitative estimate of drug-likeness (QED) is 0.529. The summed E-state index contributed by atoms with van der Waals surface area (Å²) in [5.74, 6) is -1.39. The first-order chi connectivity index (χ1) is 6.47. The first-order valence-corrected chi connectivity index (χ1v) is 4.39. The summed E-state index contributed by atoms with van der Waals surface area (Å²) in [6, 6.07) is -0.815. The number of hydrogen-bond acceptors (Lipinski definition) is 4. The van der Waals surface area contributed by atoms with Crippen molar-refractivity contribution in [3.63, 3.8) is 0 Å². The lowest BCUT2D eigenvalue weighted by Crippen LogP contribution is -2.17. The van der Waals surface area contributed by atoms with E-state index in [-0.39, 0.29) is 12.4 Å². The van der Waals surface area contributed by atoms with E-state index in [1.165, 1.54) is 6.92 Å². The Labute approximate surface area is 82.8 Å². The molecule has 0 bridgehead atoms. The zero-order chi connectivity index (χ0) is 11.1. The Morgan fingerprint density at radius 1 is 1.50 bits per heavy atom. The summed E-state index contributed by atoms with van der Waals surface area (Å²) in [7, 11) is 0. The third-order valence-electron chi connectivity index (χ3n) is 1.48. The van der Waals surface area contributed by atoms with E-state index in [9.17, 15) is 9.59 Å². The molecule has 0 saturated heterocycles. The molecule has 0 saturated carbocycles. The van der Waals surface area contributed by atoms with Crippen LogP contribution in [0.2, 0.25) is 0 Å². The van der Waals surface area contributed by atoms with Gasteiger partial charge < -0.3 is 9.84 Å². The van der Waals surface area contributed by atoms with Crippen LogP contribution in [0.25, 0.3) is 0 Å². The number of carboxylic acids is 1. The normalized spacial score (nSPS) is 13.5. The number of esters is 1. The predicted molar refractivity (Wildman–Crippen MR) is 51.5 cm³/mol. The molecule has 5 heteroatoms. The van der Waals surface area contributed by atoms with E-state index < -0.39 is 12.0 Å². The number of carbonyl (C=O) groups excluding carboxylic acids is 1. The van der Waals surface area contributed by atoms with Gasteiger partial charge in [0.15, 0.2) is 0 Å². The van der Waals surface area contributed by atoms with Gasteiger partial charge in [-0.15, -0.1) is 0 Å². The molecule has 0 fully saturated rings. The van der Waals surface area contributed by atoms with Gasteiger partial charge in [0.1, 0.15) is 6.04 Å². The van der Waals surface area contributed by atoms with Gasteiger partial charge in [-0.05, 0) is 20.8 Å². The highest BCUT2D eigenvalue weighted by Gasteiger charge is 2.10. The summed E-state index contributed by atoms with van der Waals surface area (Å²) in [5.41, 5.74) is 0.471. The van der Waals surface area contributed by atoms with Gasteiger partial charge in [-0.3, -0.25) is 9.79 Å². The molecule has 5 nitrogen and oxygen atoms in total. The molecule has 0 aliphatic carbocycles. The maximum Gasteiger partial charge on any atom is 0.328 e. The lowest BCUT2D eigenvalue weighted by atomic mass is 10.3. The molecular formula is C9H15NO4. The molecule has 0 aromatic carbocycles. The van der Waals surface area contributed by atoms with Crippen molar-refractivity contribution in [3.05, 3.63) is 0 Å². The van der Waals surface area contributed by atoms with Crippen molar-refractivity contribution in [1.29, 1.82) is 0 Å². The summed E-state index contributed by atoms with van der Waals surface area (Å²) in [6.45, 7) is 5.10. The largest absolute Gasteiger partial charge is 0.480 e. The highest BCUT2D eigenvalue weighted by molar-refractivity contribution is 5.98. The average molecular weight is 201 g/mol. The fourth-order valence-electron chi connectivity index (χ4n) is 0.852. The minimum Gasteiger partial charge on any atom is -0.480 e. The summed E-state index contributed by atoms with van der Waals surface area (Å²) in [6.07, 6.45) is 0.0471. The molecule has 1 N–H and O–H groups in total. The number of aliphatic imine (C=N–C) groups is 1. The summed E-state index contributed by atoms with van der Waals surface area (Å²) in [4.78, 5) is 25.2. The highest BCUT2D eigenvalue weighted by atomic mass is 16.5. The van der Waals surface area contributed by atoms with E-state index in [1.807, 2.05) is 0 Å². The standard InChI is InChI=1S/C9H15NO4/c1-4-14-8(11)5-6(2)10-7(3)9(12)13/h7H,4-5H2,1-3H3,(H,12,13). The molecule has 80 valence electrons. The Kier molecular flexibility index (Phi) is 5.52. The van der Waals surface area contributed by atoms with Crippen LogP contribution in [0, 0.1) is 0 Å². The van der Waals surface area contributed by atoms with E-state index in [1.54, 1.807) is 13.8 Å². The van der Waals surface area contributed by atoms with E-state index >= 15 is 0 Å². The second-order valence-electron chi connectivity index (χ2n) is 2.86. The molecule has 0 heterocycles. The molecule has 14 heavy (non-hydrogen) atoms. The van der Waals surface area contributed by atoms with Crippen LogP contribution in [-0.2, 0) is 14.3 Å². The van der Waals surface area contributed by atoms with Crippen LogP contribution in [0.4, 0.5) is 0 Å².